The molecule has 1 N–H and O–H groups in total. The van der Waals surface area contributed by atoms with E-state index in [4.69, 9.17) is 0 Å². The van der Waals surface area contributed by atoms with Gasteiger partial charge in [0.15, 0.2) is 16.8 Å². The quantitative estimate of drug-likeness (QED) is 0.469. The molecule has 0 radical (unpaired) electrons. The molecular weight excluding hydrogens is 396 g/mol. The molecule has 1 aromatic heterocycles. The largest absolute Gasteiger partial charge is 0.305 e. The van der Waals surface area contributed by atoms with Crippen molar-refractivity contribution in [2.45, 2.75) is 17.3 Å². The molecule has 3 rings (SSSR count). The first-order chi connectivity index (χ1) is 13.2. The number of hydrogen-bond acceptors (Lipinski definition) is 6. The number of nitrogens with zero attached hydrogens (tertiary/aromatic N) is 3. The zero-order valence-corrected chi connectivity index (χ0v) is 17.3. The van der Waals surface area contributed by atoms with E-state index in [0.717, 1.165) is 17.6 Å². The Bertz CT molecular complexity index is 1080. The molecule has 9 heteroatoms. The average Bonchev–Trinajstić information content (AvgIpc) is 3.01. The first-order valence-electron chi connectivity index (χ1n) is 8.48. The molecule has 0 spiro atoms. The smallest absolute Gasteiger partial charge is 0.229 e. The summed E-state index contributed by atoms with van der Waals surface area (Å²) in [5.74, 6) is 0.666. The van der Waals surface area contributed by atoms with Gasteiger partial charge in [-0.3, -0.25) is 9.52 Å². The summed E-state index contributed by atoms with van der Waals surface area (Å²) in [4.78, 5) is 12.7. The number of thioether (sulfide) groups is 1. The lowest BCUT2D eigenvalue weighted by Gasteiger charge is -2.11. The standard InChI is InChI=1S/C19H20N4O3S2/c1-13(17(24)14-9-11-16(12-10-14)22-28(3,25)26)27-19-21-20-18(23(19)2)15-7-5-4-6-8-15/h4-13,22H,1-3H3/t13-/m1/s1. The number of benzene rings is 2. The molecule has 0 saturated heterocycles. The minimum Gasteiger partial charge on any atom is -0.305 e. The van der Waals surface area contributed by atoms with E-state index in [1.54, 1.807) is 24.3 Å². The van der Waals surface area contributed by atoms with Crippen LogP contribution >= 0.6 is 11.8 Å². The second-order valence-corrected chi connectivity index (χ2v) is 9.36. The Kier molecular flexibility index (Phi) is 5.85. The molecule has 0 saturated carbocycles. The third kappa shape index (κ3) is 4.79. The Hall–Kier alpha value is -2.65. The molecule has 0 aliphatic heterocycles. The number of anilines is 1. The molecule has 28 heavy (non-hydrogen) atoms. The molecule has 3 aromatic rings. The summed E-state index contributed by atoms with van der Waals surface area (Å²) in [6.45, 7) is 1.81. The zero-order chi connectivity index (χ0) is 20.3. The van der Waals surface area contributed by atoms with Gasteiger partial charge >= 0.3 is 0 Å². The topological polar surface area (TPSA) is 93.9 Å². The van der Waals surface area contributed by atoms with Gasteiger partial charge in [0, 0.05) is 23.9 Å². The van der Waals surface area contributed by atoms with Crippen LogP contribution in [0.2, 0.25) is 0 Å². The van der Waals surface area contributed by atoms with Gasteiger partial charge in [0.25, 0.3) is 0 Å². The minimum absolute atomic E-state index is 0.0693. The Morgan fingerprint density at radius 1 is 1.07 bits per heavy atom. The van der Waals surface area contributed by atoms with Gasteiger partial charge in [0.2, 0.25) is 10.0 Å². The highest BCUT2D eigenvalue weighted by Gasteiger charge is 2.20. The normalized spacial score (nSPS) is 12.5. The molecule has 146 valence electrons. The lowest BCUT2D eigenvalue weighted by molar-refractivity contribution is 0.0994. The highest BCUT2D eigenvalue weighted by molar-refractivity contribution is 8.00. The number of ketones is 1. The van der Waals surface area contributed by atoms with Crippen LogP contribution in [-0.2, 0) is 17.1 Å². The van der Waals surface area contributed by atoms with Crippen LogP contribution in [0.1, 0.15) is 17.3 Å². The summed E-state index contributed by atoms with van der Waals surface area (Å²) < 4.78 is 26.8. The Labute approximate surface area is 168 Å². The molecule has 0 aliphatic carbocycles. The van der Waals surface area contributed by atoms with Crippen molar-refractivity contribution in [3.63, 3.8) is 0 Å². The maximum atomic E-state index is 12.7. The van der Waals surface area contributed by atoms with Crippen molar-refractivity contribution in [3.8, 4) is 11.4 Å². The number of carbonyl (C=O) groups excluding carboxylic acids is 1. The van der Waals surface area contributed by atoms with E-state index in [1.165, 1.54) is 11.8 Å². The van der Waals surface area contributed by atoms with Crippen molar-refractivity contribution in [1.82, 2.24) is 14.8 Å². The summed E-state index contributed by atoms with van der Waals surface area (Å²) in [6, 6.07) is 16.1. The highest BCUT2D eigenvalue weighted by Crippen LogP contribution is 2.27. The second-order valence-electron chi connectivity index (χ2n) is 6.31. The van der Waals surface area contributed by atoms with Crippen LogP contribution in [0.15, 0.2) is 59.8 Å². The van der Waals surface area contributed by atoms with Gasteiger partial charge < -0.3 is 4.57 Å². The first-order valence-corrected chi connectivity index (χ1v) is 11.3. The first kappa shape index (κ1) is 20.1. The minimum atomic E-state index is -3.35. The van der Waals surface area contributed by atoms with Crippen molar-refractivity contribution in [2.75, 3.05) is 11.0 Å². The fraction of sp³-hybridized carbons (Fsp3) is 0.211. The Morgan fingerprint density at radius 3 is 2.32 bits per heavy atom. The molecule has 2 aromatic carbocycles. The predicted molar refractivity (Wildman–Crippen MR) is 111 cm³/mol. The van der Waals surface area contributed by atoms with E-state index in [9.17, 15) is 13.2 Å². The van der Waals surface area contributed by atoms with Crippen molar-refractivity contribution in [3.05, 3.63) is 60.2 Å². The summed E-state index contributed by atoms with van der Waals surface area (Å²) in [7, 11) is -1.48. The molecule has 0 unspecified atom stereocenters. The third-order valence-electron chi connectivity index (χ3n) is 3.99. The fourth-order valence-corrected chi connectivity index (χ4v) is 4.08. The van der Waals surface area contributed by atoms with Gasteiger partial charge in [-0.2, -0.15) is 0 Å². The van der Waals surface area contributed by atoms with Gasteiger partial charge in [-0.15, -0.1) is 10.2 Å². The SMILES string of the molecule is C[C@@H](Sc1nnc(-c2ccccc2)n1C)C(=O)c1ccc(NS(C)(=O)=O)cc1. The van der Waals surface area contributed by atoms with Gasteiger partial charge in [-0.25, -0.2) is 8.42 Å². The van der Waals surface area contributed by atoms with E-state index < -0.39 is 10.0 Å². The summed E-state index contributed by atoms with van der Waals surface area (Å²) in [5.41, 5.74) is 1.88. The highest BCUT2D eigenvalue weighted by atomic mass is 32.2. The Balaban J connectivity index is 1.72. The fourth-order valence-electron chi connectivity index (χ4n) is 2.62. The molecule has 0 aliphatic rings. The molecule has 0 fully saturated rings. The third-order valence-corrected chi connectivity index (χ3v) is 5.73. The average molecular weight is 417 g/mol. The summed E-state index contributed by atoms with van der Waals surface area (Å²) in [6.07, 6.45) is 1.08. The van der Waals surface area contributed by atoms with Crippen LogP contribution in [0, 0.1) is 0 Å². The molecule has 0 amide bonds. The predicted octanol–water partition coefficient (Wildman–Crippen LogP) is 3.22. The summed E-state index contributed by atoms with van der Waals surface area (Å²) >= 11 is 1.33. The van der Waals surface area contributed by atoms with E-state index in [1.807, 2.05) is 48.9 Å². The molecule has 1 heterocycles. The van der Waals surface area contributed by atoms with Crippen LogP contribution in [0.25, 0.3) is 11.4 Å². The van der Waals surface area contributed by atoms with Crippen molar-refractivity contribution in [2.24, 2.45) is 7.05 Å². The van der Waals surface area contributed by atoms with Gasteiger partial charge in [0.05, 0.1) is 11.5 Å². The Morgan fingerprint density at radius 2 is 1.71 bits per heavy atom. The number of aromatic nitrogens is 3. The number of rotatable bonds is 7. The van der Waals surface area contributed by atoms with E-state index in [-0.39, 0.29) is 11.0 Å². The van der Waals surface area contributed by atoms with Crippen molar-refractivity contribution < 1.29 is 13.2 Å². The van der Waals surface area contributed by atoms with E-state index >= 15 is 0 Å². The van der Waals surface area contributed by atoms with Crippen LogP contribution in [0.5, 0.6) is 0 Å². The number of Topliss-reactive ketones (excluding diaryl/α,β-unsaturated/α-hetero) is 1. The maximum Gasteiger partial charge on any atom is 0.229 e. The van der Waals surface area contributed by atoms with Crippen LogP contribution < -0.4 is 4.72 Å². The van der Waals surface area contributed by atoms with Crippen molar-refractivity contribution >= 4 is 33.3 Å². The van der Waals surface area contributed by atoms with Gasteiger partial charge in [0.1, 0.15) is 0 Å². The van der Waals surface area contributed by atoms with Gasteiger partial charge in [-0.1, -0.05) is 42.1 Å². The van der Waals surface area contributed by atoms with Crippen molar-refractivity contribution in [1.29, 1.82) is 0 Å². The van der Waals surface area contributed by atoms with Crippen LogP contribution in [0.4, 0.5) is 5.69 Å². The van der Waals surface area contributed by atoms with Gasteiger partial charge in [-0.05, 0) is 31.2 Å². The number of carbonyl (C=O) groups is 1. The monoisotopic (exact) mass is 416 g/mol. The van der Waals surface area contributed by atoms with E-state index in [0.29, 0.717) is 16.4 Å². The lowest BCUT2D eigenvalue weighted by atomic mass is 10.1. The lowest BCUT2D eigenvalue weighted by Crippen LogP contribution is -2.15. The number of sulfonamides is 1. The molecule has 0 bridgehead atoms. The van der Waals surface area contributed by atoms with E-state index in [2.05, 4.69) is 14.9 Å². The summed E-state index contributed by atoms with van der Waals surface area (Å²) in [5, 5.41) is 8.72. The zero-order valence-electron chi connectivity index (χ0n) is 15.7. The molecule has 7 nitrogen and oxygen atoms in total. The second kappa shape index (κ2) is 8.15. The number of hydrogen-bond donors (Lipinski definition) is 1. The molecular formula is C19H20N4O3S2. The van der Waals surface area contributed by atoms with Crippen LogP contribution in [-0.4, -0.2) is 40.5 Å². The molecule has 1 atom stereocenters. The van der Waals surface area contributed by atoms with Crippen LogP contribution in [0.3, 0.4) is 0 Å². The maximum absolute atomic E-state index is 12.7. The number of nitrogens with one attached hydrogen (secondary N) is 1.